The van der Waals surface area contributed by atoms with Crippen molar-refractivity contribution in [3.63, 3.8) is 0 Å². The molecule has 0 aliphatic carbocycles. The van der Waals surface area contributed by atoms with Crippen molar-refractivity contribution in [2.75, 3.05) is 13.7 Å². The molecule has 3 nitrogen and oxygen atoms in total. The van der Waals surface area contributed by atoms with E-state index in [1.54, 1.807) is 0 Å². The third-order valence-corrected chi connectivity index (χ3v) is 3.12. The van der Waals surface area contributed by atoms with Gasteiger partial charge in [-0.05, 0) is 48.1 Å². The van der Waals surface area contributed by atoms with Crippen molar-refractivity contribution in [1.29, 1.82) is 0 Å². The molecule has 1 aromatic heterocycles. The van der Waals surface area contributed by atoms with Crippen molar-refractivity contribution in [3.8, 4) is 5.75 Å². The van der Waals surface area contributed by atoms with Gasteiger partial charge in [-0.2, -0.15) is 0 Å². The fourth-order valence-electron chi connectivity index (χ4n) is 1.94. The first-order valence-electron chi connectivity index (χ1n) is 5.90. The van der Waals surface area contributed by atoms with Crippen LogP contribution in [-0.2, 0) is 0 Å². The topological polar surface area (TPSA) is 34.4 Å². The van der Waals surface area contributed by atoms with Gasteiger partial charge in [0, 0.05) is 5.56 Å². The van der Waals surface area contributed by atoms with Crippen LogP contribution in [0.3, 0.4) is 0 Å². The SMILES string of the molecule is CCOc1ccccc1C(NC)c1ccc(Br)o1. The van der Waals surface area contributed by atoms with E-state index in [1.165, 1.54) is 0 Å². The van der Waals surface area contributed by atoms with Gasteiger partial charge >= 0.3 is 0 Å². The highest BCUT2D eigenvalue weighted by Crippen LogP contribution is 2.31. The largest absolute Gasteiger partial charge is 0.494 e. The van der Waals surface area contributed by atoms with Gasteiger partial charge in [0.05, 0.1) is 12.6 Å². The van der Waals surface area contributed by atoms with E-state index in [4.69, 9.17) is 9.15 Å². The normalized spacial score (nSPS) is 12.4. The monoisotopic (exact) mass is 309 g/mol. The quantitative estimate of drug-likeness (QED) is 0.913. The molecule has 96 valence electrons. The van der Waals surface area contributed by atoms with Crippen molar-refractivity contribution in [1.82, 2.24) is 5.32 Å². The zero-order valence-corrected chi connectivity index (χ0v) is 12.0. The first-order chi connectivity index (χ1) is 8.76. The molecule has 1 atom stereocenters. The minimum absolute atomic E-state index is 0.0148. The van der Waals surface area contributed by atoms with Crippen LogP contribution in [0.2, 0.25) is 0 Å². The van der Waals surface area contributed by atoms with E-state index in [0.717, 1.165) is 21.7 Å². The molecule has 4 heteroatoms. The van der Waals surface area contributed by atoms with Gasteiger partial charge in [-0.3, -0.25) is 0 Å². The van der Waals surface area contributed by atoms with E-state index in [1.807, 2.05) is 50.4 Å². The number of halogens is 1. The van der Waals surface area contributed by atoms with Crippen LogP contribution >= 0.6 is 15.9 Å². The van der Waals surface area contributed by atoms with Gasteiger partial charge in [-0.1, -0.05) is 18.2 Å². The number of hydrogen-bond acceptors (Lipinski definition) is 3. The average molecular weight is 310 g/mol. The Hall–Kier alpha value is -1.26. The number of rotatable bonds is 5. The second-order valence-corrected chi connectivity index (χ2v) is 4.62. The standard InChI is InChI=1S/C14H16BrNO2/c1-3-17-11-7-5-4-6-10(11)14(16-2)12-8-9-13(15)18-12/h4-9,14,16H,3H2,1-2H3. The van der Waals surface area contributed by atoms with E-state index >= 15 is 0 Å². The zero-order valence-electron chi connectivity index (χ0n) is 10.4. The third-order valence-electron chi connectivity index (χ3n) is 2.70. The summed E-state index contributed by atoms with van der Waals surface area (Å²) in [6.07, 6.45) is 0. The van der Waals surface area contributed by atoms with Gasteiger partial charge < -0.3 is 14.5 Å². The summed E-state index contributed by atoms with van der Waals surface area (Å²) in [4.78, 5) is 0. The summed E-state index contributed by atoms with van der Waals surface area (Å²) in [7, 11) is 1.91. The number of hydrogen-bond donors (Lipinski definition) is 1. The highest BCUT2D eigenvalue weighted by Gasteiger charge is 2.19. The Balaban J connectivity index is 2.38. The first kappa shape index (κ1) is 13.2. The second-order valence-electron chi connectivity index (χ2n) is 3.83. The molecular formula is C14H16BrNO2. The molecule has 0 radical (unpaired) electrons. The summed E-state index contributed by atoms with van der Waals surface area (Å²) in [6, 6.07) is 11.8. The minimum atomic E-state index is -0.0148. The van der Waals surface area contributed by atoms with Gasteiger partial charge in [0.2, 0.25) is 0 Å². The molecule has 0 bridgehead atoms. The maximum atomic E-state index is 5.65. The van der Waals surface area contributed by atoms with E-state index < -0.39 is 0 Å². The zero-order chi connectivity index (χ0) is 13.0. The molecule has 0 saturated heterocycles. The minimum Gasteiger partial charge on any atom is -0.494 e. The highest BCUT2D eigenvalue weighted by molar-refractivity contribution is 9.10. The van der Waals surface area contributed by atoms with Gasteiger partial charge in [0.15, 0.2) is 4.67 Å². The molecule has 1 aromatic carbocycles. The molecule has 2 rings (SSSR count). The maximum Gasteiger partial charge on any atom is 0.169 e. The van der Waals surface area contributed by atoms with Crippen molar-refractivity contribution in [2.24, 2.45) is 0 Å². The predicted octanol–water partition coefficient (Wildman–Crippen LogP) is 3.75. The molecule has 0 aliphatic rings. The Bertz CT molecular complexity index is 510. The van der Waals surface area contributed by atoms with Crippen molar-refractivity contribution in [2.45, 2.75) is 13.0 Å². The van der Waals surface area contributed by atoms with E-state index in [0.29, 0.717) is 6.61 Å². The summed E-state index contributed by atoms with van der Waals surface area (Å²) in [6.45, 7) is 2.63. The Labute approximate surface area is 115 Å². The Kier molecular flexibility index (Phi) is 4.44. The van der Waals surface area contributed by atoms with Crippen LogP contribution in [0.25, 0.3) is 0 Å². The van der Waals surface area contributed by atoms with Crippen molar-refractivity contribution < 1.29 is 9.15 Å². The van der Waals surface area contributed by atoms with Crippen molar-refractivity contribution >= 4 is 15.9 Å². The number of furan rings is 1. The summed E-state index contributed by atoms with van der Waals surface area (Å²) in [5.74, 6) is 1.74. The number of ether oxygens (including phenoxy) is 1. The molecule has 0 amide bonds. The van der Waals surface area contributed by atoms with Crippen LogP contribution < -0.4 is 10.1 Å². The van der Waals surface area contributed by atoms with Crippen LogP contribution in [0.4, 0.5) is 0 Å². The molecule has 0 aliphatic heterocycles. The molecule has 0 fully saturated rings. The lowest BCUT2D eigenvalue weighted by molar-refractivity contribution is 0.331. The van der Waals surface area contributed by atoms with Crippen LogP contribution in [0.1, 0.15) is 24.3 Å². The van der Waals surface area contributed by atoms with Gasteiger partial charge in [-0.15, -0.1) is 0 Å². The van der Waals surface area contributed by atoms with E-state index in [2.05, 4.69) is 21.2 Å². The molecule has 1 N–H and O–H groups in total. The molecule has 1 heterocycles. The molecular weight excluding hydrogens is 294 g/mol. The van der Waals surface area contributed by atoms with Gasteiger partial charge in [0.25, 0.3) is 0 Å². The fraction of sp³-hybridized carbons (Fsp3) is 0.286. The summed E-state index contributed by atoms with van der Waals surface area (Å²) < 4.78 is 12.0. The summed E-state index contributed by atoms with van der Waals surface area (Å²) in [5.41, 5.74) is 1.07. The van der Waals surface area contributed by atoms with Crippen LogP contribution in [-0.4, -0.2) is 13.7 Å². The Morgan fingerprint density at radius 1 is 1.28 bits per heavy atom. The van der Waals surface area contributed by atoms with Crippen molar-refractivity contribution in [3.05, 3.63) is 52.4 Å². The van der Waals surface area contributed by atoms with Crippen LogP contribution in [0, 0.1) is 0 Å². The Morgan fingerprint density at radius 2 is 2.06 bits per heavy atom. The van der Waals surface area contributed by atoms with Crippen LogP contribution in [0.15, 0.2) is 45.5 Å². The van der Waals surface area contributed by atoms with Gasteiger partial charge in [-0.25, -0.2) is 0 Å². The van der Waals surface area contributed by atoms with E-state index in [-0.39, 0.29) is 6.04 Å². The molecule has 0 spiro atoms. The number of nitrogens with one attached hydrogen (secondary N) is 1. The van der Waals surface area contributed by atoms with Crippen LogP contribution in [0.5, 0.6) is 5.75 Å². The lowest BCUT2D eigenvalue weighted by Gasteiger charge is -2.17. The molecule has 2 aromatic rings. The lowest BCUT2D eigenvalue weighted by atomic mass is 10.0. The van der Waals surface area contributed by atoms with Gasteiger partial charge in [0.1, 0.15) is 11.5 Å². The smallest absolute Gasteiger partial charge is 0.169 e. The number of benzene rings is 1. The molecule has 1 unspecified atom stereocenters. The average Bonchev–Trinajstić information content (AvgIpc) is 2.79. The molecule has 0 saturated carbocycles. The second kappa shape index (κ2) is 6.07. The fourth-order valence-corrected chi connectivity index (χ4v) is 2.26. The van der Waals surface area contributed by atoms with E-state index in [9.17, 15) is 0 Å². The first-order valence-corrected chi connectivity index (χ1v) is 6.69. The summed E-state index contributed by atoms with van der Waals surface area (Å²) >= 11 is 3.33. The highest BCUT2D eigenvalue weighted by atomic mass is 79.9. The Morgan fingerprint density at radius 3 is 2.67 bits per heavy atom. The molecule has 18 heavy (non-hydrogen) atoms. The number of para-hydroxylation sites is 1. The maximum absolute atomic E-state index is 5.65. The third kappa shape index (κ3) is 2.76. The summed E-state index contributed by atoms with van der Waals surface area (Å²) in [5, 5.41) is 3.25. The lowest BCUT2D eigenvalue weighted by Crippen LogP contribution is -2.18. The predicted molar refractivity (Wildman–Crippen MR) is 74.9 cm³/mol.